The van der Waals surface area contributed by atoms with Crippen LogP contribution in [-0.2, 0) is 0 Å². The highest BCUT2D eigenvalue weighted by Gasteiger charge is 2.00. The molecule has 0 amide bonds. The third-order valence-electron chi connectivity index (χ3n) is 1.69. The molecule has 0 aromatic carbocycles. The van der Waals surface area contributed by atoms with Gasteiger partial charge in [-0.05, 0) is 17.5 Å². The van der Waals surface area contributed by atoms with Crippen LogP contribution in [0.2, 0.25) is 0 Å². The van der Waals surface area contributed by atoms with Crippen LogP contribution in [-0.4, -0.2) is 12.1 Å². The summed E-state index contributed by atoms with van der Waals surface area (Å²) < 4.78 is 5.08. The average molecular weight is 190 g/mol. The Morgan fingerprint density at radius 3 is 3.15 bits per heavy atom. The van der Waals surface area contributed by atoms with Gasteiger partial charge in [0.15, 0.2) is 0 Å². The van der Waals surface area contributed by atoms with E-state index in [2.05, 4.69) is 11.2 Å². The van der Waals surface area contributed by atoms with E-state index in [1.54, 1.807) is 24.6 Å². The Hall–Kier alpha value is -1.35. The minimum Gasteiger partial charge on any atom is -0.495 e. The molecule has 1 radical (unpaired) electrons. The number of methoxy groups -OCH3 is 1. The van der Waals surface area contributed by atoms with Crippen LogP contribution in [0.25, 0.3) is 10.4 Å². The van der Waals surface area contributed by atoms with Crippen molar-refractivity contribution in [1.29, 1.82) is 0 Å². The van der Waals surface area contributed by atoms with Gasteiger partial charge in [0.25, 0.3) is 0 Å². The summed E-state index contributed by atoms with van der Waals surface area (Å²) in [5.74, 6) is 0.766. The lowest BCUT2D eigenvalue weighted by Crippen LogP contribution is -1.84. The van der Waals surface area contributed by atoms with E-state index >= 15 is 0 Å². The fourth-order valence-corrected chi connectivity index (χ4v) is 1.74. The van der Waals surface area contributed by atoms with E-state index in [0.717, 1.165) is 16.2 Å². The van der Waals surface area contributed by atoms with E-state index in [4.69, 9.17) is 4.74 Å². The zero-order chi connectivity index (χ0) is 9.10. The number of aromatic nitrogens is 1. The first kappa shape index (κ1) is 8.26. The molecule has 0 saturated carbocycles. The maximum Gasteiger partial charge on any atom is 0.137 e. The van der Waals surface area contributed by atoms with Crippen molar-refractivity contribution < 1.29 is 4.74 Å². The molecule has 0 aliphatic rings. The molecule has 0 atom stereocenters. The molecule has 0 spiro atoms. The number of rotatable bonds is 2. The number of hydrogen-bond donors (Lipinski definition) is 0. The van der Waals surface area contributed by atoms with Gasteiger partial charge in [-0.15, -0.1) is 11.3 Å². The van der Waals surface area contributed by atoms with Crippen LogP contribution >= 0.6 is 11.3 Å². The summed E-state index contributed by atoms with van der Waals surface area (Å²) in [7, 11) is 1.63. The number of ether oxygens (including phenoxy) is 1. The first-order valence-corrected chi connectivity index (χ1v) is 4.74. The summed E-state index contributed by atoms with van der Waals surface area (Å²) in [6.45, 7) is 0. The first-order chi connectivity index (χ1) is 6.40. The fourth-order valence-electron chi connectivity index (χ4n) is 1.05. The molecule has 0 saturated heterocycles. The molecule has 0 aliphatic heterocycles. The monoisotopic (exact) mass is 190 g/mol. The van der Waals surface area contributed by atoms with Gasteiger partial charge in [0.05, 0.1) is 19.5 Å². The van der Waals surface area contributed by atoms with Gasteiger partial charge in [-0.3, -0.25) is 4.98 Å². The van der Waals surface area contributed by atoms with Gasteiger partial charge >= 0.3 is 0 Å². The molecule has 2 aromatic heterocycles. The number of thiophene rings is 1. The van der Waals surface area contributed by atoms with Gasteiger partial charge in [0.2, 0.25) is 0 Å². The summed E-state index contributed by atoms with van der Waals surface area (Å²) in [6, 6.07) is 5.98. The Morgan fingerprint density at radius 1 is 1.54 bits per heavy atom. The molecule has 0 fully saturated rings. The molecule has 2 heterocycles. The van der Waals surface area contributed by atoms with Crippen LogP contribution in [0.4, 0.5) is 0 Å². The first-order valence-electron chi connectivity index (χ1n) is 3.86. The zero-order valence-electron chi connectivity index (χ0n) is 7.15. The highest BCUT2D eigenvalue weighted by molar-refractivity contribution is 7.13. The Morgan fingerprint density at radius 2 is 2.46 bits per heavy atom. The molecule has 0 aliphatic carbocycles. The lowest BCUT2D eigenvalue weighted by Gasteiger charge is -1.99. The second-order valence-corrected chi connectivity index (χ2v) is 3.46. The summed E-state index contributed by atoms with van der Waals surface area (Å²) in [4.78, 5) is 5.13. The van der Waals surface area contributed by atoms with Crippen molar-refractivity contribution in [3.63, 3.8) is 0 Å². The van der Waals surface area contributed by atoms with Crippen molar-refractivity contribution in [3.05, 3.63) is 36.0 Å². The number of pyridine rings is 1. The lowest BCUT2D eigenvalue weighted by atomic mass is 10.2. The highest BCUT2D eigenvalue weighted by Crippen LogP contribution is 2.25. The molecular weight excluding hydrogens is 182 g/mol. The Bertz CT molecular complexity index is 384. The minimum atomic E-state index is 0.766. The van der Waals surface area contributed by atoms with Crippen molar-refractivity contribution in [3.8, 4) is 16.2 Å². The van der Waals surface area contributed by atoms with Crippen molar-refractivity contribution >= 4 is 11.3 Å². The van der Waals surface area contributed by atoms with Gasteiger partial charge in [-0.1, -0.05) is 6.07 Å². The zero-order valence-corrected chi connectivity index (χ0v) is 7.97. The summed E-state index contributed by atoms with van der Waals surface area (Å²) in [5.41, 5.74) is 0.981. The van der Waals surface area contributed by atoms with Gasteiger partial charge in [-0.25, -0.2) is 0 Å². The van der Waals surface area contributed by atoms with Crippen LogP contribution in [0.15, 0.2) is 29.8 Å². The summed E-state index contributed by atoms with van der Waals surface area (Å²) in [6.07, 6.45) is 4.58. The van der Waals surface area contributed by atoms with Gasteiger partial charge in [0, 0.05) is 10.4 Å². The quantitative estimate of drug-likeness (QED) is 0.726. The maximum absolute atomic E-state index is 5.08. The van der Waals surface area contributed by atoms with Crippen molar-refractivity contribution in [2.24, 2.45) is 0 Å². The molecule has 2 rings (SSSR count). The van der Waals surface area contributed by atoms with Gasteiger partial charge in [-0.2, -0.15) is 0 Å². The molecule has 0 bridgehead atoms. The Balaban J connectivity index is 2.41. The molecule has 13 heavy (non-hydrogen) atoms. The number of hydrogen-bond acceptors (Lipinski definition) is 3. The average Bonchev–Trinajstić information content (AvgIpc) is 2.71. The fraction of sp³-hybridized carbons (Fsp3) is 0.100. The standard InChI is InChI=1S/C10H8NOS/c1-12-9-5-8(6-11-7-9)10-3-2-4-13-10/h2-5,7H,1H3. The Labute approximate surface area is 80.8 Å². The number of nitrogens with zero attached hydrogens (tertiary/aromatic N) is 1. The molecule has 2 aromatic rings. The van der Waals surface area contributed by atoms with E-state index in [-0.39, 0.29) is 0 Å². The van der Waals surface area contributed by atoms with Crippen molar-refractivity contribution in [1.82, 2.24) is 4.98 Å². The van der Waals surface area contributed by atoms with Crippen LogP contribution in [0, 0.1) is 6.20 Å². The predicted molar refractivity (Wildman–Crippen MR) is 52.9 cm³/mol. The second-order valence-electron chi connectivity index (χ2n) is 2.51. The molecule has 0 N–H and O–H groups in total. The smallest absolute Gasteiger partial charge is 0.137 e. The molecular formula is C10H8NOS. The van der Waals surface area contributed by atoms with Gasteiger partial charge < -0.3 is 4.74 Å². The van der Waals surface area contributed by atoms with Crippen LogP contribution in [0.5, 0.6) is 5.75 Å². The normalized spacial score (nSPS) is 9.92. The lowest BCUT2D eigenvalue weighted by molar-refractivity contribution is 0.413. The largest absolute Gasteiger partial charge is 0.495 e. The van der Waals surface area contributed by atoms with Crippen molar-refractivity contribution in [2.75, 3.05) is 7.11 Å². The topological polar surface area (TPSA) is 22.1 Å². The highest BCUT2D eigenvalue weighted by atomic mass is 32.1. The van der Waals surface area contributed by atoms with Crippen LogP contribution in [0.3, 0.4) is 0 Å². The third-order valence-corrected chi connectivity index (χ3v) is 2.59. The second kappa shape index (κ2) is 3.58. The van der Waals surface area contributed by atoms with E-state index in [1.165, 1.54) is 0 Å². The predicted octanol–water partition coefficient (Wildman–Crippen LogP) is 2.62. The van der Waals surface area contributed by atoms with Crippen LogP contribution in [0.1, 0.15) is 0 Å². The minimum absolute atomic E-state index is 0.766. The van der Waals surface area contributed by atoms with E-state index in [1.807, 2.05) is 23.6 Å². The summed E-state index contributed by atoms with van der Waals surface area (Å²) >= 11 is 1.67. The third kappa shape index (κ3) is 1.70. The molecule has 2 nitrogen and oxygen atoms in total. The molecule has 0 unspecified atom stereocenters. The Kier molecular flexibility index (Phi) is 2.27. The van der Waals surface area contributed by atoms with Crippen molar-refractivity contribution in [2.45, 2.75) is 0 Å². The van der Waals surface area contributed by atoms with E-state index in [9.17, 15) is 0 Å². The van der Waals surface area contributed by atoms with E-state index < -0.39 is 0 Å². The SMILES string of the molecule is COc1cn[c]c(-c2cccs2)c1. The van der Waals surface area contributed by atoms with Gasteiger partial charge in [0.1, 0.15) is 5.75 Å². The molecule has 3 heteroatoms. The molecule has 65 valence electrons. The van der Waals surface area contributed by atoms with E-state index in [0.29, 0.717) is 0 Å². The summed E-state index contributed by atoms with van der Waals surface area (Å²) in [5, 5.41) is 2.03. The maximum atomic E-state index is 5.08. The van der Waals surface area contributed by atoms with Crippen LogP contribution < -0.4 is 4.74 Å².